The van der Waals surface area contributed by atoms with Crippen LogP contribution in [0.2, 0.25) is 0 Å². The molecule has 0 aliphatic carbocycles. The highest BCUT2D eigenvalue weighted by Gasteiger charge is 2.18. The van der Waals surface area contributed by atoms with Crippen molar-refractivity contribution >= 4 is 5.91 Å². The van der Waals surface area contributed by atoms with E-state index in [1.54, 1.807) is 18.2 Å². The van der Waals surface area contributed by atoms with Crippen molar-refractivity contribution in [2.45, 2.75) is 32.8 Å². The molecule has 21 heavy (non-hydrogen) atoms. The van der Waals surface area contributed by atoms with Crippen LogP contribution in [-0.4, -0.2) is 38.4 Å². The lowest BCUT2D eigenvalue weighted by Gasteiger charge is -2.14. The minimum absolute atomic E-state index is 0.132. The molecule has 1 aliphatic rings. The van der Waals surface area contributed by atoms with Gasteiger partial charge in [0.1, 0.15) is 11.5 Å². The monoisotopic (exact) mass is 293 g/mol. The zero-order chi connectivity index (χ0) is 15.1. The molecule has 0 unspecified atom stereocenters. The van der Waals surface area contributed by atoms with Gasteiger partial charge in [0.25, 0.3) is 5.91 Å². The fourth-order valence-corrected chi connectivity index (χ4v) is 2.33. The molecule has 0 bridgehead atoms. The van der Waals surface area contributed by atoms with Gasteiger partial charge in [-0.15, -0.1) is 0 Å². The van der Waals surface area contributed by atoms with Crippen molar-refractivity contribution in [3.8, 4) is 11.5 Å². The van der Waals surface area contributed by atoms with Crippen molar-refractivity contribution in [1.29, 1.82) is 0 Å². The molecule has 5 heteroatoms. The first-order chi connectivity index (χ1) is 10.2. The highest BCUT2D eigenvalue weighted by Crippen LogP contribution is 2.25. The van der Waals surface area contributed by atoms with Crippen LogP contribution in [-0.2, 0) is 4.74 Å². The van der Waals surface area contributed by atoms with E-state index < -0.39 is 0 Å². The van der Waals surface area contributed by atoms with Crippen LogP contribution in [0.5, 0.6) is 11.5 Å². The maximum Gasteiger partial charge on any atom is 0.255 e. The maximum atomic E-state index is 12.3. The summed E-state index contributed by atoms with van der Waals surface area (Å²) in [6.07, 6.45) is 2.20. The van der Waals surface area contributed by atoms with Crippen molar-refractivity contribution < 1.29 is 19.0 Å². The smallest absolute Gasteiger partial charge is 0.255 e. The van der Waals surface area contributed by atoms with Crippen molar-refractivity contribution in [3.05, 3.63) is 23.8 Å². The van der Waals surface area contributed by atoms with Gasteiger partial charge in [0.05, 0.1) is 24.9 Å². The molecule has 1 saturated heterocycles. The van der Waals surface area contributed by atoms with Crippen molar-refractivity contribution in [2.24, 2.45) is 0 Å². The quantitative estimate of drug-likeness (QED) is 0.838. The SMILES string of the molecule is CCOc1ccc(C(=O)NC[C@H]2CCCO2)c(OCC)c1. The first kappa shape index (κ1) is 15.6. The Balaban J connectivity index is 2.03. The number of hydrogen-bond acceptors (Lipinski definition) is 4. The number of amides is 1. The molecule has 0 saturated carbocycles. The van der Waals surface area contributed by atoms with Crippen LogP contribution in [0.4, 0.5) is 0 Å². The Morgan fingerprint density at radius 1 is 1.33 bits per heavy atom. The lowest BCUT2D eigenvalue weighted by atomic mass is 10.1. The topological polar surface area (TPSA) is 56.8 Å². The average molecular weight is 293 g/mol. The lowest BCUT2D eigenvalue weighted by molar-refractivity contribution is 0.0854. The first-order valence-corrected chi connectivity index (χ1v) is 7.54. The molecule has 116 valence electrons. The van der Waals surface area contributed by atoms with E-state index in [9.17, 15) is 4.79 Å². The molecule has 1 fully saturated rings. The highest BCUT2D eigenvalue weighted by molar-refractivity contribution is 5.97. The van der Waals surface area contributed by atoms with Gasteiger partial charge in [0.2, 0.25) is 0 Å². The van der Waals surface area contributed by atoms with Crippen LogP contribution >= 0.6 is 0 Å². The van der Waals surface area contributed by atoms with Crippen molar-refractivity contribution in [3.63, 3.8) is 0 Å². The first-order valence-electron chi connectivity index (χ1n) is 7.54. The fraction of sp³-hybridized carbons (Fsp3) is 0.562. The van der Waals surface area contributed by atoms with E-state index >= 15 is 0 Å². The molecule has 1 aliphatic heterocycles. The van der Waals surface area contributed by atoms with Crippen LogP contribution < -0.4 is 14.8 Å². The minimum Gasteiger partial charge on any atom is -0.494 e. The Morgan fingerprint density at radius 3 is 2.81 bits per heavy atom. The third kappa shape index (κ3) is 4.36. The van der Waals surface area contributed by atoms with Crippen LogP contribution in [0.25, 0.3) is 0 Å². The molecule has 0 aromatic heterocycles. The number of carbonyl (C=O) groups excluding carboxylic acids is 1. The van der Waals surface area contributed by atoms with Gasteiger partial charge < -0.3 is 19.5 Å². The summed E-state index contributed by atoms with van der Waals surface area (Å²) in [6, 6.07) is 5.28. The molecular formula is C16H23NO4. The third-order valence-electron chi connectivity index (χ3n) is 3.32. The number of hydrogen-bond donors (Lipinski definition) is 1. The van der Waals surface area contributed by atoms with Gasteiger partial charge in [0.15, 0.2) is 0 Å². The van der Waals surface area contributed by atoms with Gasteiger partial charge in [0, 0.05) is 19.2 Å². The molecule has 1 N–H and O–H groups in total. The second-order valence-corrected chi connectivity index (χ2v) is 4.87. The fourth-order valence-electron chi connectivity index (χ4n) is 2.33. The molecule has 0 spiro atoms. The summed E-state index contributed by atoms with van der Waals surface area (Å²) in [4.78, 5) is 12.3. The van der Waals surface area contributed by atoms with E-state index in [4.69, 9.17) is 14.2 Å². The molecule has 0 radical (unpaired) electrons. The van der Waals surface area contributed by atoms with E-state index in [1.807, 2.05) is 13.8 Å². The summed E-state index contributed by atoms with van der Waals surface area (Å²) in [6.45, 7) is 6.22. The average Bonchev–Trinajstić information content (AvgIpc) is 2.99. The van der Waals surface area contributed by atoms with Crippen LogP contribution in [0.1, 0.15) is 37.0 Å². The summed E-state index contributed by atoms with van der Waals surface area (Å²) < 4.78 is 16.5. The molecular weight excluding hydrogens is 270 g/mol. The van der Waals surface area contributed by atoms with E-state index in [0.29, 0.717) is 36.8 Å². The number of nitrogens with one attached hydrogen (secondary N) is 1. The third-order valence-corrected chi connectivity index (χ3v) is 3.32. The molecule has 1 atom stereocenters. The Kier molecular flexibility index (Phi) is 5.87. The van der Waals surface area contributed by atoms with Crippen LogP contribution in [0.15, 0.2) is 18.2 Å². The van der Waals surface area contributed by atoms with Gasteiger partial charge >= 0.3 is 0 Å². The van der Waals surface area contributed by atoms with Gasteiger partial charge in [-0.1, -0.05) is 0 Å². The van der Waals surface area contributed by atoms with Crippen molar-refractivity contribution in [1.82, 2.24) is 5.32 Å². The summed E-state index contributed by atoms with van der Waals surface area (Å²) in [5, 5.41) is 2.91. The summed E-state index contributed by atoms with van der Waals surface area (Å²) in [5.41, 5.74) is 0.526. The van der Waals surface area contributed by atoms with E-state index in [-0.39, 0.29) is 12.0 Å². The molecule has 1 amide bonds. The largest absolute Gasteiger partial charge is 0.494 e. The number of ether oxygens (including phenoxy) is 3. The molecule has 2 rings (SSSR count). The van der Waals surface area contributed by atoms with Gasteiger partial charge in [-0.3, -0.25) is 4.79 Å². The molecule has 5 nitrogen and oxygen atoms in total. The van der Waals surface area contributed by atoms with Crippen LogP contribution in [0, 0.1) is 0 Å². The summed E-state index contributed by atoms with van der Waals surface area (Å²) in [7, 11) is 0. The standard InChI is InChI=1S/C16H23NO4/c1-3-19-12-7-8-14(15(10-12)20-4-2)16(18)17-11-13-6-5-9-21-13/h7-8,10,13H,3-6,9,11H2,1-2H3,(H,17,18)/t13-/m1/s1. The predicted octanol–water partition coefficient (Wildman–Crippen LogP) is 2.39. The maximum absolute atomic E-state index is 12.3. The second-order valence-electron chi connectivity index (χ2n) is 4.87. The molecule has 1 aromatic rings. The Bertz CT molecular complexity index is 469. The zero-order valence-electron chi connectivity index (χ0n) is 12.7. The second kappa shape index (κ2) is 7.88. The molecule has 1 aromatic carbocycles. The summed E-state index contributed by atoms with van der Waals surface area (Å²) in [5.74, 6) is 1.11. The van der Waals surface area contributed by atoms with Crippen LogP contribution in [0.3, 0.4) is 0 Å². The highest BCUT2D eigenvalue weighted by atomic mass is 16.5. The lowest BCUT2D eigenvalue weighted by Crippen LogP contribution is -2.32. The Hall–Kier alpha value is -1.75. The van der Waals surface area contributed by atoms with Crippen molar-refractivity contribution in [2.75, 3.05) is 26.4 Å². The van der Waals surface area contributed by atoms with E-state index in [1.165, 1.54) is 0 Å². The van der Waals surface area contributed by atoms with E-state index in [2.05, 4.69) is 5.32 Å². The minimum atomic E-state index is -0.142. The number of carbonyl (C=O) groups is 1. The summed E-state index contributed by atoms with van der Waals surface area (Å²) >= 11 is 0. The van der Waals surface area contributed by atoms with Gasteiger partial charge in [-0.2, -0.15) is 0 Å². The Labute approximate surface area is 125 Å². The normalized spacial score (nSPS) is 17.5. The number of rotatable bonds is 7. The van der Waals surface area contributed by atoms with Gasteiger partial charge in [-0.05, 0) is 38.8 Å². The van der Waals surface area contributed by atoms with E-state index in [0.717, 1.165) is 19.4 Å². The predicted molar refractivity (Wildman–Crippen MR) is 80.1 cm³/mol. The Morgan fingerprint density at radius 2 is 2.14 bits per heavy atom. The van der Waals surface area contributed by atoms with Gasteiger partial charge in [-0.25, -0.2) is 0 Å². The zero-order valence-corrected chi connectivity index (χ0v) is 12.7. The molecule has 1 heterocycles. The number of benzene rings is 1.